The minimum Gasteiger partial charge on any atom is -0.358 e. The van der Waals surface area contributed by atoms with E-state index in [-0.39, 0.29) is 18.0 Å². The lowest BCUT2D eigenvalue weighted by Gasteiger charge is -2.22. The largest absolute Gasteiger partial charge is 0.358 e. The molecule has 1 aromatic heterocycles. The lowest BCUT2D eigenvalue weighted by molar-refractivity contribution is -0.125. The maximum Gasteiger partial charge on any atom is 0.237 e. The van der Waals surface area contributed by atoms with E-state index >= 15 is 0 Å². The van der Waals surface area contributed by atoms with E-state index in [1.807, 2.05) is 0 Å². The highest BCUT2D eigenvalue weighted by Gasteiger charge is 2.35. The monoisotopic (exact) mass is 313 g/mol. The number of carbonyl (C=O) groups is 1. The summed E-state index contributed by atoms with van der Waals surface area (Å²) in [6.07, 6.45) is 3.77. The van der Waals surface area contributed by atoms with Crippen molar-refractivity contribution < 1.29 is 4.79 Å². The molecule has 0 unspecified atom stereocenters. The van der Waals surface area contributed by atoms with Crippen LogP contribution in [0.5, 0.6) is 0 Å². The lowest BCUT2D eigenvalue weighted by atomic mass is 10.1. The first-order valence-electron chi connectivity index (χ1n) is 7.49. The molecular weight excluding hydrogens is 290 g/mol. The number of unbranched alkanes of at least 4 members (excludes halogenated alkanes) is 1. The Labute approximate surface area is 130 Å². The van der Waals surface area contributed by atoms with Gasteiger partial charge in [0.25, 0.3) is 0 Å². The van der Waals surface area contributed by atoms with Crippen LogP contribution in [-0.4, -0.2) is 46.5 Å². The van der Waals surface area contributed by atoms with Gasteiger partial charge in [0.2, 0.25) is 5.91 Å². The molecule has 118 valence electrons. The highest BCUT2D eigenvalue weighted by atomic mass is 35.5. The zero-order valence-electron chi connectivity index (χ0n) is 12.7. The fourth-order valence-electron chi connectivity index (χ4n) is 2.76. The molecule has 1 saturated heterocycles. The van der Waals surface area contributed by atoms with E-state index in [1.165, 1.54) is 0 Å². The molecule has 0 aromatic carbocycles. The molecule has 0 aliphatic carbocycles. The van der Waals surface area contributed by atoms with E-state index in [1.54, 1.807) is 7.05 Å². The van der Waals surface area contributed by atoms with Gasteiger partial charge in [-0.1, -0.05) is 24.9 Å². The molecule has 2 rings (SSSR count). The van der Waals surface area contributed by atoms with Crippen molar-refractivity contribution >= 4 is 17.5 Å². The number of imidazole rings is 1. The smallest absolute Gasteiger partial charge is 0.237 e. The quantitative estimate of drug-likeness (QED) is 0.732. The normalized spacial score (nSPS) is 22.7. The van der Waals surface area contributed by atoms with Crippen molar-refractivity contribution in [2.24, 2.45) is 5.73 Å². The Balaban J connectivity index is 2.06. The second-order valence-electron chi connectivity index (χ2n) is 5.61. The van der Waals surface area contributed by atoms with Gasteiger partial charge >= 0.3 is 0 Å². The molecule has 1 aromatic rings. The van der Waals surface area contributed by atoms with Crippen LogP contribution in [0, 0.1) is 0 Å². The fourth-order valence-corrected chi connectivity index (χ4v) is 2.97. The van der Waals surface area contributed by atoms with Crippen molar-refractivity contribution in [1.29, 1.82) is 0 Å². The van der Waals surface area contributed by atoms with Crippen LogP contribution in [-0.2, 0) is 17.8 Å². The van der Waals surface area contributed by atoms with Crippen LogP contribution in [0.15, 0.2) is 0 Å². The predicted octanol–water partition coefficient (Wildman–Crippen LogP) is 1.05. The number of likely N-dealkylation sites (N-methyl/N-ethyl adjacent to an activating group) is 1. The summed E-state index contributed by atoms with van der Waals surface area (Å²) in [6, 6.07) is -0.169. The molecule has 1 fully saturated rings. The Hall–Kier alpha value is -1.11. The van der Waals surface area contributed by atoms with Gasteiger partial charge in [0.05, 0.1) is 11.7 Å². The van der Waals surface area contributed by atoms with Crippen LogP contribution in [0.3, 0.4) is 0 Å². The SMILES string of the molecule is CCCCc1nc(Cl)c(CN2C[C@@H](N)C[C@H]2C(=O)NC)[nH]1. The van der Waals surface area contributed by atoms with Gasteiger partial charge in [0, 0.05) is 32.6 Å². The predicted molar refractivity (Wildman–Crippen MR) is 83.1 cm³/mol. The fraction of sp³-hybridized carbons (Fsp3) is 0.714. The van der Waals surface area contributed by atoms with Crippen molar-refractivity contribution in [2.75, 3.05) is 13.6 Å². The molecule has 7 heteroatoms. The first-order chi connectivity index (χ1) is 10.0. The third kappa shape index (κ3) is 3.96. The number of aryl methyl sites for hydroxylation is 1. The summed E-state index contributed by atoms with van der Waals surface area (Å²) in [5.41, 5.74) is 6.86. The second kappa shape index (κ2) is 7.24. The number of H-pyrrole nitrogens is 1. The topological polar surface area (TPSA) is 87.0 Å². The Morgan fingerprint density at radius 3 is 3.05 bits per heavy atom. The molecule has 1 amide bonds. The van der Waals surface area contributed by atoms with E-state index in [4.69, 9.17) is 17.3 Å². The number of nitrogens with two attached hydrogens (primary N) is 1. The number of likely N-dealkylation sites (tertiary alicyclic amines) is 1. The number of rotatable bonds is 6. The van der Waals surface area contributed by atoms with E-state index in [2.05, 4.69) is 27.1 Å². The summed E-state index contributed by atoms with van der Waals surface area (Å²) >= 11 is 6.20. The van der Waals surface area contributed by atoms with Crippen molar-refractivity contribution in [3.05, 3.63) is 16.7 Å². The van der Waals surface area contributed by atoms with Crippen LogP contribution in [0.2, 0.25) is 5.15 Å². The first kappa shape index (κ1) is 16.3. The number of halogens is 1. The van der Waals surface area contributed by atoms with Crippen LogP contribution >= 0.6 is 11.6 Å². The summed E-state index contributed by atoms with van der Waals surface area (Å²) < 4.78 is 0. The molecular formula is C14H24ClN5O. The minimum atomic E-state index is -0.191. The molecule has 2 heterocycles. The van der Waals surface area contributed by atoms with Gasteiger partial charge in [0.1, 0.15) is 5.82 Å². The van der Waals surface area contributed by atoms with Crippen molar-refractivity contribution in [2.45, 2.75) is 51.2 Å². The Morgan fingerprint density at radius 2 is 2.38 bits per heavy atom. The highest BCUT2D eigenvalue weighted by Crippen LogP contribution is 2.22. The van der Waals surface area contributed by atoms with Gasteiger partial charge in [-0.2, -0.15) is 0 Å². The average Bonchev–Trinajstić information content (AvgIpc) is 2.99. The summed E-state index contributed by atoms with van der Waals surface area (Å²) in [6.45, 7) is 3.41. The summed E-state index contributed by atoms with van der Waals surface area (Å²) in [5.74, 6) is 0.918. The van der Waals surface area contributed by atoms with Gasteiger partial charge in [-0.25, -0.2) is 4.98 Å². The Bertz CT molecular complexity index is 490. The lowest BCUT2D eigenvalue weighted by Crippen LogP contribution is -2.41. The summed E-state index contributed by atoms with van der Waals surface area (Å²) in [7, 11) is 1.65. The van der Waals surface area contributed by atoms with Crippen LogP contribution in [0.4, 0.5) is 0 Å². The van der Waals surface area contributed by atoms with Crippen LogP contribution in [0.1, 0.15) is 37.7 Å². The molecule has 6 nitrogen and oxygen atoms in total. The molecule has 0 bridgehead atoms. The van der Waals surface area contributed by atoms with Crippen LogP contribution in [0.25, 0.3) is 0 Å². The molecule has 0 radical (unpaired) electrons. The molecule has 21 heavy (non-hydrogen) atoms. The number of aromatic amines is 1. The number of nitrogens with zero attached hydrogens (tertiary/aromatic N) is 2. The second-order valence-corrected chi connectivity index (χ2v) is 5.97. The average molecular weight is 314 g/mol. The van der Waals surface area contributed by atoms with Crippen LogP contribution < -0.4 is 11.1 Å². The van der Waals surface area contributed by atoms with Gasteiger partial charge in [-0.05, 0) is 12.8 Å². The molecule has 1 aliphatic heterocycles. The van der Waals surface area contributed by atoms with E-state index in [9.17, 15) is 4.79 Å². The van der Waals surface area contributed by atoms with E-state index in [0.29, 0.717) is 24.7 Å². The first-order valence-corrected chi connectivity index (χ1v) is 7.87. The number of hydrogen-bond acceptors (Lipinski definition) is 4. The summed E-state index contributed by atoms with van der Waals surface area (Å²) in [4.78, 5) is 21.6. The highest BCUT2D eigenvalue weighted by molar-refractivity contribution is 6.30. The van der Waals surface area contributed by atoms with Crippen molar-refractivity contribution in [3.8, 4) is 0 Å². The third-order valence-electron chi connectivity index (χ3n) is 3.89. The number of aromatic nitrogens is 2. The Morgan fingerprint density at radius 1 is 1.62 bits per heavy atom. The van der Waals surface area contributed by atoms with Crippen molar-refractivity contribution in [3.63, 3.8) is 0 Å². The molecule has 0 spiro atoms. The van der Waals surface area contributed by atoms with Crippen molar-refractivity contribution in [1.82, 2.24) is 20.2 Å². The Kier molecular flexibility index (Phi) is 5.61. The molecule has 1 aliphatic rings. The number of hydrogen-bond donors (Lipinski definition) is 3. The maximum absolute atomic E-state index is 11.9. The zero-order chi connectivity index (χ0) is 15.4. The molecule has 2 atom stereocenters. The van der Waals surface area contributed by atoms with Gasteiger partial charge in [0.15, 0.2) is 5.15 Å². The van der Waals surface area contributed by atoms with E-state index in [0.717, 1.165) is 30.8 Å². The number of nitrogens with one attached hydrogen (secondary N) is 2. The van der Waals surface area contributed by atoms with E-state index < -0.39 is 0 Å². The maximum atomic E-state index is 11.9. The minimum absolute atomic E-state index is 0.00444. The number of amides is 1. The zero-order valence-corrected chi connectivity index (χ0v) is 13.4. The van der Waals surface area contributed by atoms with Gasteiger partial charge < -0.3 is 16.0 Å². The number of carbonyl (C=O) groups excluding carboxylic acids is 1. The molecule has 0 saturated carbocycles. The van der Waals surface area contributed by atoms with Gasteiger partial charge in [-0.15, -0.1) is 0 Å². The summed E-state index contributed by atoms with van der Waals surface area (Å²) in [5, 5.41) is 3.19. The van der Waals surface area contributed by atoms with Gasteiger partial charge in [-0.3, -0.25) is 9.69 Å². The molecule has 4 N–H and O–H groups in total. The standard InChI is InChI=1S/C14H24ClN5O/c1-3-4-5-12-18-10(13(15)19-12)8-20-7-9(16)6-11(20)14(21)17-2/h9,11H,3-8,16H2,1-2H3,(H,17,21)(H,18,19)/t9-,11-/m0/s1. The third-order valence-corrected chi connectivity index (χ3v) is 4.20.